The van der Waals surface area contributed by atoms with Gasteiger partial charge in [0.15, 0.2) is 0 Å². The number of rotatable bonds is 4. The molecule has 0 aliphatic carbocycles. The first-order valence-electron chi connectivity index (χ1n) is 11.5. The molecule has 2 amide bonds. The van der Waals surface area contributed by atoms with E-state index in [9.17, 15) is 18.4 Å². The first-order valence-corrected chi connectivity index (χ1v) is 11.5. The first kappa shape index (κ1) is 22.8. The predicted molar refractivity (Wildman–Crippen MR) is 132 cm³/mol. The molecule has 0 radical (unpaired) electrons. The zero-order chi connectivity index (χ0) is 24.5. The molecular formula is C26H25F2N5O2. The Bertz CT molecular complexity index is 1290. The van der Waals surface area contributed by atoms with Crippen molar-refractivity contribution in [3.63, 3.8) is 0 Å². The van der Waals surface area contributed by atoms with E-state index in [1.54, 1.807) is 12.1 Å². The fourth-order valence-corrected chi connectivity index (χ4v) is 4.71. The van der Waals surface area contributed by atoms with Crippen LogP contribution in [0, 0.1) is 0 Å². The van der Waals surface area contributed by atoms with Crippen LogP contribution in [0.3, 0.4) is 0 Å². The molecule has 0 saturated carbocycles. The van der Waals surface area contributed by atoms with Gasteiger partial charge in [0.2, 0.25) is 5.91 Å². The summed E-state index contributed by atoms with van der Waals surface area (Å²) in [6.07, 6.45) is 0.733. The molecule has 0 spiro atoms. The van der Waals surface area contributed by atoms with Crippen molar-refractivity contribution >= 4 is 34.6 Å². The number of alkyl halides is 2. The molecule has 0 atom stereocenters. The van der Waals surface area contributed by atoms with Gasteiger partial charge in [-0.3, -0.25) is 14.6 Å². The summed E-state index contributed by atoms with van der Waals surface area (Å²) in [6.45, 7) is 1.17. The number of nitrogens with one attached hydrogen (secondary N) is 3. The van der Waals surface area contributed by atoms with Gasteiger partial charge in [-0.05, 0) is 54.3 Å². The number of pyridine rings is 1. The van der Waals surface area contributed by atoms with Gasteiger partial charge in [-0.25, -0.2) is 8.78 Å². The van der Waals surface area contributed by atoms with Crippen molar-refractivity contribution in [1.82, 2.24) is 10.3 Å². The summed E-state index contributed by atoms with van der Waals surface area (Å²) in [7, 11) is 1.51. The Kier molecular flexibility index (Phi) is 6.07. The van der Waals surface area contributed by atoms with Crippen molar-refractivity contribution in [3.05, 3.63) is 65.5 Å². The number of nitrogens with zero attached hydrogens (tertiary/aromatic N) is 2. The molecule has 5 rings (SSSR count). The average Bonchev–Trinajstić information content (AvgIpc) is 3.07. The van der Waals surface area contributed by atoms with Crippen LogP contribution < -0.4 is 20.9 Å². The van der Waals surface area contributed by atoms with E-state index in [0.29, 0.717) is 36.3 Å². The lowest BCUT2D eigenvalue weighted by Gasteiger charge is -2.34. The Hall–Kier alpha value is -4.01. The third kappa shape index (κ3) is 4.29. The molecule has 1 aromatic heterocycles. The van der Waals surface area contributed by atoms with Crippen molar-refractivity contribution in [2.24, 2.45) is 0 Å². The lowest BCUT2D eigenvalue weighted by molar-refractivity contribution is -0.115. The number of hydrogen-bond donors (Lipinski definition) is 3. The number of fused-ring (bicyclic) bond motifs is 2. The van der Waals surface area contributed by atoms with Gasteiger partial charge in [-0.2, -0.15) is 0 Å². The molecule has 2 aliphatic heterocycles. The van der Waals surface area contributed by atoms with E-state index in [1.807, 2.05) is 29.2 Å². The molecule has 0 fully saturated rings. The second-order valence-electron chi connectivity index (χ2n) is 8.56. The number of para-hydroxylation sites is 1. The molecule has 3 N–H and O–H groups in total. The quantitative estimate of drug-likeness (QED) is 0.499. The van der Waals surface area contributed by atoms with Crippen LogP contribution in [0.1, 0.15) is 40.9 Å². The van der Waals surface area contributed by atoms with Crippen LogP contribution in [0.4, 0.5) is 31.5 Å². The van der Waals surface area contributed by atoms with Gasteiger partial charge in [0, 0.05) is 49.6 Å². The fourth-order valence-electron chi connectivity index (χ4n) is 4.71. The summed E-state index contributed by atoms with van der Waals surface area (Å²) < 4.78 is 28.6. The van der Waals surface area contributed by atoms with Gasteiger partial charge in [0.25, 0.3) is 12.3 Å². The molecule has 0 bridgehead atoms. The van der Waals surface area contributed by atoms with Crippen LogP contribution in [0.2, 0.25) is 0 Å². The number of carbonyl (C=O) groups is 2. The van der Waals surface area contributed by atoms with Gasteiger partial charge in [0.1, 0.15) is 5.69 Å². The molecule has 3 heterocycles. The molecule has 0 unspecified atom stereocenters. The van der Waals surface area contributed by atoms with Crippen molar-refractivity contribution < 1.29 is 18.4 Å². The molecule has 7 nitrogen and oxygen atoms in total. The highest BCUT2D eigenvalue weighted by Gasteiger charge is 2.27. The summed E-state index contributed by atoms with van der Waals surface area (Å²) in [5.41, 5.74) is 5.09. The Morgan fingerprint density at radius 1 is 1.14 bits per heavy atom. The molecule has 0 saturated heterocycles. The number of amides is 2. The molecule has 9 heteroatoms. The van der Waals surface area contributed by atoms with Crippen LogP contribution >= 0.6 is 0 Å². The Morgan fingerprint density at radius 3 is 2.74 bits per heavy atom. The molecule has 2 aromatic carbocycles. The third-order valence-corrected chi connectivity index (χ3v) is 6.40. The normalized spacial score (nSPS) is 15.0. The van der Waals surface area contributed by atoms with Crippen molar-refractivity contribution in [2.45, 2.75) is 25.7 Å². The zero-order valence-corrected chi connectivity index (χ0v) is 19.2. The first-order chi connectivity index (χ1) is 17.0. The summed E-state index contributed by atoms with van der Waals surface area (Å²) in [5, 5.41) is 8.76. The lowest BCUT2D eigenvalue weighted by Crippen LogP contribution is -2.26. The monoisotopic (exact) mass is 477 g/mol. The summed E-state index contributed by atoms with van der Waals surface area (Å²) >= 11 is 0. The van der Waals surface area contributed by atoms with Gasteiger partial charge >= 0.3 is 0 Å². The van der Waals surface area contributed by atoms with E-state index in [0.717, 1.165) is 35.5 Å². The van der Waals surface area contributed by atoms with Crippen molar-refractivity contribution in [1.29, 1.82) is 0 Å². The van der Waals surface area contributed by atoms with Crippen LogP contribution in [-0.4, -0.2) is 36.9 Å². The fraction of sp³-hybridized carbons (Fsp3) is 0.269. The smallest absolute Gasteiger partial charge is 0.269 e. The second-order valence-corrected chi connectivity index (χ2v) is 8.56. The van der Waals surface area contributed by atoms with E-state index < -0.39 is 6.43 Å². The number of halogens is 2. The van der Waals surface area contributed by atoms with Crippen molar-refractivity contribution in [3.8, 4) is 11.1 Å². The van der Waals surface area contributed by atoms with E-state index >= 15 is 0 Å². The summed E-state index contributed by atoms with van der Waals surface area (Å²) in [6, 6.07) is 12.2. The molecule has 180 valence electrons. The number of hydrogen-bond acceptors (Lipinski definition) is 5. The van der Waals surface area contributed by atoms with Crippen LogP contribution in [0.5, 0.6) is 0 Å². The molecule has 35 heavy (non-hydrogen) atoms. The maximum Gasteiger partial charge on any atom is 0.269 e. The predicted octanol–water partition coefficient (Wildman–Crippen LogP) is 4.88. The standard InChI is InChI=1S/C26H25F2N5O2/c1-29-26(35)20-8-7-16(14-31-20)17-12-15-4-3-11-33(22(15)13-18(17)25(27)28)21-6-2-5-19-24(21)30-10-9-23(34)32-19/h2,5-8,12-14,25,30H,3-4,9-11H2,1H3,(H,29,35)(H,32,34). The van der Waals surface area contributed by atoms with E-state index in [4.69, 9.17) is 0 Å². The maximum absolute atomic E-state index is 14.3. The van der Waals surface area contributed by atoms with Crippen LogP contribution in [0.25, 0.3) is 11.1 Å². The highest BCUT2D eigenvalue weighted by Crippen LogP contribution is 2.44. The van der Waals surface area contributed by atoms with Crippen LogP contribution in [0.15, 0.2) is 48.7 Å². The Balaban J connectivity index is 1.59. The zero-order valence-electron chi connectivity index (χ0n) is 19.2. The highest BCUT2D eigenvalue weighted by atomic mass is 19.3. The van der Waals surface area contributed by atoms with E-state index in [-0.39, 0.29) is 23.1 Å². The summed E-state index contributed by atoms with van der Waals surface area (Å²) in [5.74, 6) is -0.397. The second kappa shape index (κ2) is 9.32. The highest BCUT2D eigenvalue weighted by molar-refractivity contribution is 6.00. The molecular weight excluding hydrogens is 452 g/mol. The van der Waals surface area contributed by atoms with Gasteiger partial charge in [-0.1, -0.05) is 12.1 Å². The number of benzene rings is 2. The van der Waals surface area contributed by atoms with Gasteiger partial charge in [0.05, 0.1) is 17.1 Å². The minimum Gasteiger partial charge on any atom is -0.381 e. The largest absolute Gasteiger partial charge is 0.381 e. The van der Waals surface area contributed by atoms with Crippen molar-refractivity contribution in [2.75, 3.05) is 35.7 Å². The van der Waals surface area contributed by atoms with Gasteiger partial charge < -0.3 is 20.9 Å². The lowest BCUT2D eigenvalue weighted by atomic mass is 9.92. The molecule has 3 aromatic rings. The number of carbonyl (C=O) groups excluding carboxylic acids is 2. The maximum atomic E-state index is 14.3. The van der Waals surface area contributed by atoms with Crippen LogP contribution in [-0.2, 0) is 11.2 Å². The number of aryl methyl sites for hydroxylation is 1. The third-order valence-electron chi connectivity index (χ3n) is 6.40. The Morgan fingerprint density at radius 2 is 2.00 bits per heavy atom. The average molecular weight is 478 g/mol. The topological polar surface area (TPSA) is 86.4 Å². The SMILES string of the molecule is CNC(=O)c1ccc(-c2cc3c(cc2C(F)F)N(c2cccc4c2NCCC(=O)N4)CCC3)cn1. The minimum atomic E-state index is -2.69. The number of anilines is 4. The molecule has 2 aliphatic rings. The number of aromatic nitrogens is 1. The van der Waals surface area contributed by atoms with E-state index in [1.165, 1.54) is 19.3 Å². The van der Waals surface area contributed by atoms with E-state index in [2.05, 4.69) is 20.9 Å². The Labute approximate surface area is 201 Å². The minimum absolute atomic E-state index is 0.0619. The summed E-state index contributed by atoms with van der Waals surface area (Å²) in [4.78, 5) is 30.0. The van der Waals surface area contributed by atoms with Gasteiger partial charge in [-0.15, -0.1) is 0 Å².